The number of hydrogen-bond acceptors (Lipinski definition) is 8. The third-order valence-electron chi connectivity index (χ3n) is 6.25. The molecule has 0 radical (unpaired) electrons. The number of carbonyl (C=O) groups is 3. The highest BCUT2D eigenvalue weighted by Crippen LogP contribution is 2.27. The molecule has 9 heteroatoms. The summed E-state index contributed by atoms with van der Waals surface area (Å²) in [4.78, 5) is 35.7. The molecule has 0 aliphatic heterocycles. The number of hydrogen-bond donors (Lipinski definition) is 0. The molecule has 0 atom stereocenters. The molecule has 0 amide bonds. The maximum Gasteiger partial charge on any atom is 0.366 e. The number of ether oxygens (including phenoxy) is 4. The van der Waals surface area contributed by atoms with Gasteiger partial charge in [-0.3, -0.25) is 4.79 Å². The maximum atomic E-state index is 12.5. The van der Waals surface area contributed by atoms with E-state index in [-0.39, 0.29) is 24.9 Å². The minimum absolute atomic E-state index is 0.0876. The van der Waals surface area contributed by atoms with Crippen LogP contribution in [0.25, 0.3) is 17.2 Å². The Morgan fingerprint density at radius 1 is 0.689 bits per heavy atom. The lowest BCUT2D eigenvalue weighted by atomic mass is 10.1. The highest BCUT2D eigenvalue weighted by Gasteiger charge is 2.07. The van der Waals surface area contributed by atoms with Crippen LogP contribution in [0.5, 0.6) is 11.5 Å². The summed E-state index contributed by atoms with van der Waals surface area (Å²) in [7, 11) is 0. The lowest BCUT2D eigenvalue weighted by Gasteiger charge is -2.08. The fourth-order valence-corrected chi connectivity index (χ4v) is 4.50. The quantitative estimate of drug-likeness (QED) is 0.0601. The molecule has 0 N–H and O–H groups in total. The van der Waals surface area contributed by atoms with Crippen molar-refractivity contribution >= 4 is 34.9 Å². The molecule has 45 heavy (non-hydrogen) atoms. The standard InChI is InChI=1S/C36H37FO7S/c1-26(2)35(39)44-25-24-42-31-15-8-28(9-16-31)10-21-34(38)45-33-19-13-30(14-20-33)29-11-17-32(18-12-29)41-22-6-4-5-7-23-43-36(40)27(3)37/h8-21H,1,3-7,22-25H2,2H3/b21-10+. The first-order valence-electron chi connectivity index (χ1n) is 14.5. The van der Waals surface area contributed by atoms with Gasteiger partial charge in [0.05, 0.1) is 13.2 Å². The Labute approximate surface area is 267 Å². The number of unbranched alkanes of at least 4 members (excludes halogenated alkanes) is 3. The minimum Gasteiger partial charge on any atom is -0.494 e. The van der Waals surface area contributed by atoms with Crippen molar-refractivity contribution in [3.8, 4) is 22.6 Å². The molecule has 0 unspecified atom stereocenters. The average molecular weight is 633 g/mol. The van der Waals surface area contributed by atoms with E-state index in [2.05, 4.69) is 13.2 Å². The van der Waals surface area contributed by atoms with E-state index in [0.29, 0.717) is 24.4 Å². The molecule has 3 rings (SSSR count). The number of carbonyl (C=O) groups excluding carboxylic acids is 3. The molecule has 3 aromatic rings. The summed E-state index contributed by atoms with van der Waals surface area (Å²) in [6, 6.07) is 22.9. The van der Waals surface area contributed by atoms with Crippen molar-refractivity contribution in [2.24, 2.45) is 0 Å². The van der Waals surface area contributed by atoms with E-state index in [4.69, 9.17) is 18.9 Å². The third kappa shape index (κ3) is 13.3. The van der Waals surface area contributed by atoms with Crippen LogP contribution in [0.15, 0.2) is 108 Å². The van der Waals surface area contributed by atoms with Gasteiger partial charge in [0.25, 0.3) is 0 Å². The van der Waals surface area contributed by atoms with Gasteiger partial charge in [-0.2, -0.15) is 4.39 Å². The average Bonchev–Trinajstić information content (AvgIpc) is 3.04. The van der Waals surface area contributed by atoms with Gasteiger partial charge >= 0.3 is 11.9 Å². The summed E-state index contributed by atoms with van der Waals surface area (Å²) in [5, 5.41) is -0.0876. The van der Waals surface area contributed by atoms with Crippen LogP contribution < -0.4 is 9.47 Å². The third-order valence-corrected chi connectivity index (χ3v) is 7.09. The van der Waals surface area contributed by atoms with E-state index in [1.807, 2.05) is 60.7 Å². The van der Waals surface area contributed by atoms with Crippen molar-refractivity contribution in [3.05, 3.63) is 109 Å². The van der Waals surface area contributed by atoms with Crippen LogP contribution in [-0.4, -0.2) is 43.5 Å². The smallest absolute Gasteiger partial charge is 0.366 e. The SMILES string of the molecule is C=C(C)C(=O)OCCOc1ccc(/C=C/C(=O)Sc2ccc(-c3ccc(OCCCCCCOC(=O)C(=C)F)cc3)cc2)cc1. The lowest BCUT2D eigenvalue weighted by Crippen LogP contribution is -2.12. The van der Waals surface area contributed by atoms with Gasteiger partial charge in [-0.05, 0) is 104 Å². The summed E-state index contributed by atoms with van der Waals surface area (Å²) in [5.74, 6) is -1.10. The topological polar surface area (TPSA) is 88.1 Å². The first kappa shape index (κ1) is 34.9. The number of halogens is 1. The fraction of sp³-hybridized carbons (Fsp3) is 0.250. The predicted molar refractivity (Wildman–Crippen MR) is 175 cm³/mol. The van der Waals surface area contributed by atoms with E-state index in [1.165, 1.54) is 6.08 Å². The molecule has 0 aromatic heterocycles. The number of esters is 2. The largest absolute Gasteiger partial charge is 0.494 e. The molecule has 0 fully saturated rings. The van der Waals surface area contributed by atoms with E-state index in [0.717, 1.165) is 58.4 Å². The molecule has 3 aromatic carbocycles. The Bertz CT molecular complexity index is 1460. The van der Waals surface area contributed by atoms with E-state index >= 15 is 0 Å². The minimum atomic E-state index is -1.08. The van der Waals surface area contributed by atoms with Crippen LogP contribution in [0.3, 0.4) is 0 Å². The van der Waals surface area contributed by atoms with Crippen LogP contribution in [0.4, 0.5) is 4.39 Å². The second kappa shape index (κ2) is 18.9. The van der Waals surface area contributed by atoms with Gasteiger partial charge in [0.2, 0.25) is 10.9 Å². The number of thioether (sulfide) groups is 1. The molecule has 0 aliphatic rings. The first-order valence-corrected chi connectivity index (χ1v) is 15.3. The van der Waals surface area contributed by atoms with Crippen LogP contribution >= 0.6 is 11.8 Å². The van der Waals surface area contributed by atoms with Crippen LogP contribution in [0.1, 0.15) is 38.2 Å². The first-order chi connectivity index (χ1) is 21.7. The van der Waals surface area contributed by atoms with E-state index < -0.39 is 17.8 Å². The second-order valence-electron chi connectivity index (χ2n) is 9.94. The summed E-state index contributed by atoms with van der Waals surface area (Å²) in [6.45, 7) is 9.15. The maximum absolute atomic E-state index is 12.5. The molecule has 7 nitrogen and oxygen atoms in total. The van der Waals surface area contributed by atoms with Gasteiger partial charge in [-0.1, -0.05) is 55.6 Å². The number of benzene rings is 3. The van der Waals surface area contributed by atoms with Crippen molar-refractivity contribution in [1.29, 1.82) is 0 Å². The molecular weight excluding hydrogens is 595 g/mol. The highest BCUT2D eigenvalue weighted by molar-refractivity contribution is 8.14. The van der Waals surface area contributed by atoms with Crippen molar-refractivity contribution in [1.82, 2.24) is 0 Å². The summed E-state index contributed by atoms with van der Waals surface area (Å²) >= 11 is 1.15. The summed E-state index contributed by atoms with van der Waals surface area (Å²) in [5.41, 5.74) is 3.27. The van der Waals surface area contributed by atoms with Crippen molar-refractivity contribution in [2.45, 2.75) is 37.5 Å². The Morgan fingerprint density at radius 2 is 1.22 bits per heavy atom. The zero-order chi connectivity index (χ0) is 32.4. The molecule has 0 heterocycles. The zero-order valence-corrected chi connectivity index (χ0v) is 26.1. The lowest BCUT2D eigenvalue weighted by molar-refractivity contribution is -0.141. The van der Waals surface area contributed by atoms with Crippen LogP contribution in [0.2, 0.25) is 0 Å². The monoisotopic (exact) mass is 632 g/mol. The molecule has 236 valence electrons. The molecule has 0 saturated carbocycles. The molecule has 0 aliphatic carbocycles. The Hall–Kier alpha value is -4.63. The van der Waals surface area contributed by atoms with Crippen LogP contribution in [-0.2, 0) is 23.9 Å². The summed E-state index contributed by atoms with van der Waals surface area (Å²) < 4.78 is 33.6. The van der Waals surface area contributed by atoms with Crippen molar-refractivity contribution in [3.63, 3.8) is 0 Å². The van der Waals surface area contributed by atoms with Gasteiger partial charge in [0.1, 0.15) is 24.7 Å². The van der Waals surface area contributed by atoms with Crippen molar-refractivity contribution < 1.29 is 37.7 Å². The van der Waals surface area contributed by atoms with Gasteiger partial charge < -0.3 is 18.9 Å². The normalized spacial score (nSPS) is 10.7. The van der Waals surface area contributed by atoms with Gasteiger partial charge in [-0.15, -0.1) is 0 Å². The molecule has 0 spiro atoms. The molecule has 0 saturated heterocycles. The van der Waals surface area contributed by atoms with Gasteiger partial charge in [0.15, 0.2) is 0 Å². The second-order valence-corrected chi connectivity index (χ2v) is 11.0. The van der Waals surface area contributed by atoms with E-state index in [1.54, 1.807) is 25.1 Å². The predicted octanol–water partition coefficient (Wildman–Crippen LogP) is 8.15. The van der Waals surface area contributed by atoms with Crippen molar-refractivity contribution in [2.75, 3.05) is 26.4 Å². The van der Waals surface area contributed by atoms with Gasteiger partial charge in [0, 0.05) is 10.5 Å². The molecule has 0 bridgehead atoms. The summed E-state index contributed by atoms with van der Waals surface area (Å²) in [6.07, 6.45) is 6.58. The highest BCUT2D eigenvalue weighted by atomic mass is 32.2. The van der Waals surface area contributed by atoms with Crippen LogP contribution in [0, 0.1) is 0 Å². The number of rotatable bonds is 18. The molecular formula is C36H37FO7S. The Kier molecular flexibility index (Phi) is 14.6. The zero-order valence-electron chi connectivity index (χ0n) is 25.3. The van der Waals surface area contributed by atoms with E-state index in [9.17, 15) is 18.8 Å². The van der Waals surface area contributed by atoms with Gasteiger partial charge in [-0.25, -0.2) is 9.59 Å². The fourth-order valence-electron chi connectivity index (χ4n) is 3.86. The Balaban J connectivity index is 1.35. The Morgan fingerprint density at radius 3 is 1.82 bits per heavy atom.